The third-order valence-electron chi connectivity index (χ3n) is 1.06. The molecule has 0 spiro atoms. The van der Waals surface area contributed by atoms with Crippen LogP contribution >= 0.6 is 0 Å². The van der Waals surface area contributed by atoms with Crippen molar-refractivity contribution in [2.75, 3.05) is 6.54 Å². The summed E-state index contributed by atoms with van der Waals surface area (Å²) >= 11 is 0. The maximum absolute atomic E-state index is 10.7. The second-order valence-electron chi connectivity index (χ2n) is 2.81. The van der Waals surface area contributed by atoms with Gasteiger partial charge >= 0.3 is 0 Å². The zero-order chi connectivity index (χ0) is 8.15. The summed E-state index contributed by atoms with van der Waals surface area (Å²) in [6.45, 7) is 6.09. The van der Waals surface area contributed by atoms with Crippen LogP contribution in [0.1, 0.15) is 20.8 Å². The Morgan fingerprint density at radius 2 is 2.00 bits per heavy atom. The molecule has 0 aromatic heterocycles. The fourth-order valence-corrected chi connectivity index (χ4v) is 0.452. The molecule has 10 heavy (non-hydrogen) atoms. The molecule has 0 heterocycles. The molecule has 0 aromatic rings. The van der Waals surface area contributed by atoms with E-state index in [1.165, 1.54) is 6.92 Å². The molecule has 60 valence electrons. The second kappa shape index (κ2) is 4.28. The highest BCUT2D eigenvalue weighted by Gasteiger charge is 2.07. The first kappa shape index (κ1) is 9.43. The summed E-state index contributed by atoms with van der Waals surface area (Å²) in [5.41, 5.74) is 0. The molecule has 0 aliphatic rings. The number of carbonyl (C=O) groups excluding carboxylic acids is 1. The molecule has 0 aliphatic carbocycles. The van der Waals surface area contributed by atoms with E-state index in [4.69, 9.17) is 5.11 Å². The summed E-state index contributed by atoms with van der Waals surface area (Å²) in [7, 11) is 0. The number of rotatable bonds is 3. The van der Waals surface area contributed by atoms with E-state index in [2.05, 4.69) is 5.32 Å². The third kappa shape index (κ3) is 4.32. The van der Waals surface area contributed by atoms with E-state index in [1.807, 2.05) is 13.8 Å². The molecule has 0 saturated heterocycles. The highest BCUT2D eigenvalue weighted by Crippen LogP contribution is 1.87. The maximum Gasteiger partial charge on any atom is 0.248 e. The van der Waals surface area contributed by atoms with E-state index >= 15 is 0 Å². The average Bonchev–Trinajstić information content (AvgIpc) is 1.82. The van der Waals surface area contributed by atoms with Gasteiger partial charge in [-0.25, -0.2) is 0 Å². The van der Waals surface area contributed by atoms with Crippen molar-refractivity contribution in [3.8, 4) is 0 Å². The van der Waals surface area contributed by atoms with Gasteiger partial charge in [0.2, 0.25) is 5.91 Å². The van der Waals surface area contributed by atoms with Crippen LogP contribution in [0.5, 0.6) is 0 Å². The molecule has 0 aliphatic heterocycles. The van der Waals surface area contributed by atoms with Gasteiger partial charge in [0.05, 0.1) is 0 Å². The quantitative estimate of drug-likeness (QED) is 0.593. The Kier molecular flexibility index (Phi) is 4.03. The van der Waals surface area contributed by atoms with Gasteiger partial charge in [-0.05, 0) is 12.8 Å². The summed E-state index contributed by atoms with van der Waals surface area (Å²) in [6.07, 6.45) is -0.890. The molecule has 0 rings (SSSR count). The summed E-state index contributed by atoms with van der Waals surface area (Å²) in [4.78, 5) is 10.7. The molecule has 2 N–H and O–H groups in total. The van der Waals surface area contributed by atoms with Crippen LogP contribution in [0.3, 0.4) is 0 Å². The zero-order valence-electron chi connectivity index (χ0n) is 6.72. The van der Waals surface area contributed by atoms with Crippen molar-refractivity contribution in [1.29, 1.82) is 0 Å². The number of nitrogens with one attached hydrogen (secondary N) is 1. The van der Waals surface area contributed by atoms with Gasteiger partial charge in [-0.3, -0.25) is 4.79 Å². The summed E-state index contributed by atoms with van der Waals surface area (Å²) in [5.74, 6) is 0.136. The highest BCUT2D eigenvalue weighted by molar-refractivity contribution is 5.79. The van der Waals surface area contributed by atoms with Crippen molar-refractivity contribution in [3.63, 3.8) is 0 Å². The highest BCUT2D eigenvalue weighted by atomic mass is 16.3. The van der Waals surface area contributed by atoms with Crippen molar-refractivity contribution in [2.24, 2.45) is 5.92 Å². The molecule has 1 amide bonds. The largest absolute Gasteiger partial charge is 0.384 e. The molecule has 3 nitrogen and oxygen atoms in total. The lowest BCUT2D eigenvalue weighted by Gasteiger charge is -2.08. The molecule has 1 atom stereocenters. The van der Waals surface area contributed by atoms with Crippen LogP contribution in [0.4, 0.5) is 0 Å². The van der Waals surface area contributed by atoms with Gasteiger partial charge in [-0.2, -0.15) is 0 Å². The Balaban J connectivity index is 3.40. The third-order valence-corrected chi connectivity index (χ3v) is 1.06. The monoisotopic (exact) mass is 145 g/mol. The van der Waals surface area contributed by atoms with Crippen LogP contribution < -0.4 is 5.32 Å². The van der Waals surface area contributed by atoms with Gasteiger partial charge in [-0.1, -0.05) is 13.8 Å². The van der Waals surface area contributed by atoms with E-state index < -0.39 is 6.10 Å². The predicted octanol–water partition coefficient (Wildman–Crippen LogP) is 0.139. The van der Waals surface area contributed by atoms with Gasteiger partial charge in [-0.15, -0.1) is 0 Å². The SMILES string of the molecule is CC(C)CNC(=O)C(C)O. The number of aliphatic hydroxyl groups excluding tert-OH is 1. The van der Waals surface area contributed by atoms with Crippen molar-refractivity contribution >= 4 is 5.91 Å². The van der Waals surface area contributed by atoms with Crippen molar-refractivity contribution in [1.82, 2.24) is 5.32 Å². The van der Waals surface area contributed by atoms with Crippen LogP contribution in [-0.4, -0.2) is 23.7 Å². The van der Waals surface area contributed by atoms with Gasteiger partial charge in [0.25, 0.3) is 0 Å². The first-order chi connectivity index (χ1) is 4.54. The van der Waals surface area contributed by atoms with Crippen LogP contribution in [-0.2, 0) is 4.79 Å². The fourth-order valence-electron chi connectivity index (χ4n) is 0.452. The Labute approximate surface area is 61.4 Å². The Morgan fingerprint density at radius 1 is 1.50 bits per heavy atom. The standard InChI is InChI=1S/C7H15NO2/c1-5(2)4-8-7(10)6(3)9/h5-6,9H,4H2,1-3H3,(H,8,10). The Bertz CT molecular complexity index is 110. The van der Waals surface area contributed by atoms with Crippen LogP contribution in [0.25, 0.3) is 0 Å². The van der Waals surface area contributed by atoms with Crippen LogP contribution in [0.15, 0.2) is 0 Å². The van der Waals surface area contributed by atoms with Crippen molar-refractivity contribution in [2.45, 2.75) is 26.9 Å². The van der Waals surface area contributed by atoms with E-state index in [0.717, 1.165) is 0 Å². The Morgan fingerprint density at radius 3 is 2.30 bits per heavy atom. The molecule has 0 bridgehead atoms. The van der Waals surface area contributed by atoms with Crippen molar-refractivity contribution in [3.05, 3.63) is 0 Å². The van der Waals surface area contributed by atoms with Gasteiger partial charge < -0.3 is 10.4 Å². The minimum Gasteiger partial charge on any atom is -0.384 e. The molecule has 0 radical (unpaired) electrons. The smallest absolute Gasteiger partial charge is 0.248 e. The molecule has 3 heteroatoms. The summed E-state index contributed by atoms with van der Waals surface area (Å²) < 4.78 is 0. The molecular formula is C7H15NO2. The van der Waals surface area contributed by atoms with E-state index in [0.29, 0.717) is 12.5 Å². The van der Waals surface area contributed by atoms with Crippen LogP contribution in [0, 0.1) is 5.92 Å². The molecule has 0 fully saturated rings. The molecular weight excluding hydrogens is 130 g/mol. The normalized spacial score (nSPS) is 13.3. The fraction of sp³-hybridized carbons (Fsp3) is 0.857. The number of aliphatic hydroxyl groups is 1. The van der Waals surface area contributed by atoms with Crippen molar-refractivity contribution < 1.29 is 9.90 Å². The summed E-state index contributed by atoms with van der Waals surface area (Å²) in [6, 6.07) is 0. The average molecular weight is 145 g/mol. The second-order valence-corrected chi connectivity index (χ2v) is 2.81. The number of hydrogen-bond acceptors (Lipinski definition) is 2. The molecule has 0 saturated carbocycles. The van der Waals surface area contributed by atoms with E-state index in [9.17, 15) is 4.79 Å². The minimum absolute atomic E-state index is 0.297. The lowest BCUT2D eigenvalue weighted by atomic mass is 10.2. The summed E-state index contributed by atoms with van der Waals surface area (Å²) in [5, 5.41) is 11.3. The first-order valence-electron chi connectivity index (χ1n) is 3.49. The maximum atomic E-state index is 10.7. The topological polar surface area (TPSA) is 49.3 Å². The van der Waals surface area contributed by atoms with Gasteiger partial charge in [0.1, 0.15) is 6.10 Å². The predicted molar refractivity (Wildman–Crippen MR) is 39.5 cm³/mol. The van der Waals surface area contributed by atoms with Gasteiger partial charge in [0, 0.05) is 6.54 Å². The van der Waals surface area contributed by atoms with E-state index in [1.54, 1.807) is 0 Å². The Hall–Kier alpha value is -0.570. The minimum atomic E-state index is -0.890. The lowest BCUT2D eigenvalue weighted by Crippen LogP contribution is -2.34. The first-order valence-corrected chi connectivity index (χ1v) is 3.49. The zero-order valence-corrected chi connectivity index (χ0v) is 6.72. The van der Waals surface area contributed by atoms with Crippen LogP contribution in [0.2, 0.25) is 0 Å². The molecule has 0 aromatic carbocycles. The number of amides is 1. The van der Waals surface area contributed by atoms with E-state index in [-0.39, 0.29) is 5.91 Å². The lowest BCUT2D eigenvalue weighted by molar-refractivity contribution is -0.128. The molecule has 1 unspecified atom stereocenters. The number of carbonyl (C=O) groups is 1. The van der Waals surface area contributed by atoms with Gasteiger partial charge in [0.15, 0.2) is 0 Å². The number of hydrogen-bond donors (Lipinski definition) is 2.